The van der Waals surface area contributed by atoms with Gasteiger partial charge in [-0.1, -0.05) is 11.6 Å². The van der Waals surface area contributed by atoms with Crippen molar-refractivity contribution in [3.8, 4) is 5.75 Å². The smallest absolute Gasteiger partial charge is 0.138 e. The van der Waals surface area contributed by atoms with Crippen LogP contribution >= 0.6 is 11.6 Å². The molecule has 1 aromatic rings. The number of nitrogens with one attached hydrogen (secondary N) is 1. The second kappa shape index (κ2) is 6.61. The van der Waals surface area contributed by atoms with Crippen LogP contribution in [-0.2, 0) is 4.74 Å². The van der Waals surface area contributed by atoms with Gasteiger partial charge in [-0.05, 0) is 31.5 Å². The summed E-state index contributed by atoms with van der Waals surface area (Å²) in [4.78, 5) is 0. The first-order valence-electron chi connectivity index (χ1n) is 5.34. The Balaban J connectivity index is 2.75. The molecule has 1 aromatic carbocycles. The molecule has 0 spiro atoms. The maximum atomic E-state index is 6.10. The molecule has 16 heavy (non-hydrogen) atoms. The van der Waals surface area contributed by atoms with Gasteiger partial charge in [0.1, 0.15) is 5.75 Å². The number of ether oxygens (including phenoxy) is 2. The van der Waals surface area contributed by atoms with Gasteiger partial charge in [0.2, 0.25) is 0 Å². The summed E-state index contributed by atoms with van der Waals surface area (Å²) in [5.74, 6) is 0.735. The fourth-order valence-electron chi connectivity index (χ4n) is 1.40. The van der Waals surface area contributed by atoms with Gasteiger partial charge in [-0.3, -0.25) is 0 Å². The van der Waals surface area contributed by atoms with Crippen molar-refractivity contribution in [2.75, 3.05) is 32.2 Å². The first-order valence-corrected chi connectivity index (χ1v) is 5.72. The van der Waals surface area contributed by atoms with Gasteiger partial charge in [0.25, 0.3) is 0 Å². The Hall–Kier alpha value is -0.930. The molecule has 0 fully saturated rings. The van der Waals surface area contributed by atoms with Crippen molar-refractivity contribution >= 4 is 17.3 Å². The Kier molecular flexibility index (Phi) is 5.43. The molecule has 0 bridgehead atoms. The van der Waals surface area contributed by atoms with Gasteiger partial charge in [0.15, 0.2) is 0 Å². The van der Waals surface area contributed by atoms with E-state index in [0.29, 0.717) is 18.2 Å². The van der Waals surface area contributed by atoms with E-state index in [0.717, 1.165) is 23.5 Å². The zero-order valence-electron chi connectivity index (χ0n) is 9.97. The second-order valence-electron chi connectivity index (χ2n) is 3.45. The molecule has 1 rings (SSSR count). The standard InChI is InChI=1S/C12H18ClNO2/c1-4-16-12-7-9(2)11(8-10(12)13)14-5-6-15-3/h7-8,14H,4-6H2,1-3H3. The molecule has 0 aliphatic carbocycles. The van der Waals surface area contributed by atoms with Crippen LogP contribution in [0.25, 0.3) is 0 Å². The van der Waals surface area contributed by atoms with Gasteiger partial charge in [0, 0.05) is 19.3 Å². The lowest BCUT2D eigenvalue weighted by Crippen LogP contribution is -2.08. The number of rotatable bonds is 6. The summed E-state index contributed by atoms with van der Waals surface area (Å²) in [5, 5.41) is 3.89. The Morgan fingerprint density at radius 2 is 2.12 bits per heavy atom. The largest absolute Gasteiger partial charge is 0.492 e. The summed E-state index contributed by atoms with van der Waals surface area (Å²) in [6, 6.07) is 3.83. The van der Waals surface area contributed by atoms with E-state index < -0.39 is 0 Å². The first-order chi connectivity index (χ1) is 7.69. The minimum Gasteiger partial charge on any atom is -0.492 e. The topological polar surface area (TPSA) is 30.5 Å². The number of hydrogen-bond donors (Lipinski definition) is 1. The monoisotopic (exact) mass is 243 g/mol. The first kappa shape index (κ1) is 13.1. The molecule has 0 heterocycles. The maximum absolute atomic E-state index is 6.10. The number of anilines is 1. The van der Waals surface area contributed by atoms with Gasteiger partial charge in [0.05, 0.1) is 18.2 Å². The molecule has 1 N–H and O–H groups in total. The molecule has 4 heteroatoms. The molecule has 0 atom stereocenters. The molecule has 90 valence electrons. The summed E-state index contributed by atoms with van der Waals surface area (Å²) in [5.41, 5.74) is 2.13. The van der Waals surface area contributed by atoms with E-state index in [1.54, 1.807) is 7.11 Å². The number of benzene rings is 1. The van der Waals surface area contributed by atoms with Gasteiger partial charge in [-0.2, -0.15) is 0 Å². The molecular formula is C12H18ClNO2. The Morgan fingerprint density at radius 1 is 1.38 bits per heavy atom. The van der Waals surface area contributed by atoms with Crippen LogP contribution in [0.2, 0.25) is 5.02 Å². The SMILES string of the molecule is CCOc1cc(C)c(NCCOC)cc1Cl. The third kappa shape index (κ3) is 3.58. The Bertz CT molecular complexity index is 342. The zero-order chi connectivity index (χ0) is 12.0. The molecular weight excluding hydrogens is 226 g/mol. The highest BCUT2D eigenvalue weighted by Crippen LogP contribution is 2.30. The van der Waals surface area contributed by atoms with Crippen LogP contribution in [-0.4, -0.2) is 26.9 Å². The van der Waals surface area contributed by atoms with Crippen LogP contribution in [0.1, 0.15) is 12.5 Å². The van der Waals surface area contributed by atoms with Crippen molar-refractivity contribution in [2.45, 2.75) is 13.8 Å². The van der Waals surface area contributed by atoms with Crippen LogP contribution < -0.4 is 10.1 Å². The molecule has 0 radical (unpaired) electrons. The van der Waals surface area contributed by atoms with Crippen LogP contribution in [0.3, 0.4) is 0 Å². The number of hydrogen-bond acceptors (Lipinski definition) is 3. The molecule has 0 unspecified atom stereocenters. The van der Waals surface area contributed by atoms with E-state index in [2.05, 4.69) is 5.32 Å². The molecule has 3 nitrogen and oxygen atoms in total. The minimum atomic E-state index is 0.621. The Morgan fingerprint density at radius 3 is 2.75 bits per heavy atom. The lowest BCUT2D eigenvalue weighted by atomic mass is 10.2. The van der Waals surface area contributed by atoms with Crippen LogP contribution in [0.15, 0.2) is 12.1 Å². The Labute approximate surface area is 102 Å². The maximum Gasteiger partial charge on any atom is 0.138 e. The molecule has 0 saturated heterocycles. The fourth-order valence-corrected chi connectivity index (χ4v) is 1.62. The summed E-state index contributed by atoms with van der Waals surface area (Å²) < 4.78 is 10.4. The summed E-state index contributed by atoms with van der Waals surface area (Å²) in [7, 11) is 1.68. The van der Waals surface area contributed by atoms with E-state index >= 15 is 0 Å². The van der Waals surface area contributed by atoms with E-state index in [1.807, 2.05) is 26.0 Å². The van der Waals surface area contributed by atoms with Crippen molar-refractivity contribution in [1.82, 2.24) is 0 Å². The van der Waals surface area contributed by atoms with E-state index in [4.69, 9.17) is 21.1 Å². The fraction of sp³-hybridized carbons (Fsp3) is 0.500. The summed E-state index contributed by atoms with van der Waals surface area (Å²) in [6.07, 6.45) is 0. The molecule has 0 aliphatic heterocycles. The van der Waals surface area contributed by atoms with E-state index in [1.165, 1.54) is 0 Å². The number of methoxy groups -OCH3 is 1. The van der Waals surface area contributed by atoms with Crippen molar-refractivity contribution in [1.29, 1.82) is 0 Å². The molecule has 0 saturated carbocycles. The highest BCUT2D eigenvalue weighted by molar-refractivity contribution is 6.32. The second-order valence-corrected chi connectivity index (χ2v) is 3.86. The number of halogens is 1. The van der Waals surface area contributed by atoms with Gasteiger partial charge in [-0.25, -0.2) is 0 Å². The zero-order valence-corrected chi connectivity index (χ0v) is 10.7. The van der Waals surface area contributed by atoms with E-state index in [9.17, 15) is 0 Å². The van der Waals surface area contributed by atoms with Crippen LogP contribution in [0.4, 0.5) is 5.69 Å². The van der Waals surface area contributed by atoms with Crippen molar-refractivity contribution in [3.05, 3.63) is 22.7 Å². The molecule has 0 aromatic heterocycles. The third-order valence-corrected chi connectivity index (χ3v) is 2.50. The van der Waals surface area contributed by atoms with Crippen molar-refractivity contribution in [2.24, 2.45) is 0 Å². The van der Waals surface area contributed by atoms with Crippen LogP contribution in [0, 0.1) is 6.92 Å². The summed E-state index contributed by atoms with van der Waals surface area (Å²) >= 11 is 6.10. The normalized spacial score (nSPS) is 10.2. The van der Waals surface area contributed by atoms with Gasteiger partial charge < -0.3 is 14.8 Å². The predicted molar refractivity (Wildman–Crippen MR) is 67.7 cm³/mol. The third-order valence-electron chi connectivity index (χ3n) is 2.20. The predicted octanol–water partition coefficient (Wildman–Crippen LogP) is 3.11. The van der Waals surface area contributed by atoms with Gasteiger partial charge >= 0.3 is 0 Å². The highest BCUT2D eigenvalue weighted by atomic mass is 35.5. The van der Waals surface area contributed by atoms with E-state index in [-0.39, 0.29) is 0 Å². The minimum absolute atomic E-state index is 0.621. The average molecular weight is 244 g/mol. The average Bonchev–Trinajstić information content (AvgIpc) is 2.25. The van der Waals surface area contributed by atoms with Crippen molar-refractivity contribution < 1.29 is 9.47 Å². The molecule has 0 aliphatic rings. The van der Waals surface area contributed by atoms with Gasteiger partial charge in [-0.15, -0.1) is 0 Å². The highest BCUT2D eigenvalue weighted by Gasteiger charge is 2.06. The lowest BCUT2D eigenvalue weighted by Gasteiger charge is -2.12. The van der Waals surface area contributed by atoms with Crippen LogP contribution in [0.5, 0.6) is 5.75 Å². The van der Waals surface area contributed by atoms with Crippen molar-refractivity contribution in [3.63, 3.8) is 0 Å². The number of aryl methyl sites for hydroxylation is 1. The molecule has 0 amide bonds. The lowest BCUT2D eigenvalue weighted by molar-refractivity contribution is 0.211. The quantitative estimate of drug-likeness (QED) is 0.779. The summed E-state index contributed by atoms with van der Waals surface area (Å²) in [6.45, 7) is 6.02.